The van der Waals surface area contributed by atoms with Gasteiger partial charge >= 0.3 is 0 Å². The summed E-state index contributed by atoms with van der Waals surface area (Å²) < 4.78 is 1.94. The molecule has 0 atom stereocenters. The van der Waals surface area contributed by atoms with Crippen LogP contribution in [0, 0.1) is 13.8 Å². The minimum atomic E-state index is -0.156. The normalized spacial score (nSPS) is 10.9. The third-order valence-corrected chi connectivity index (χ3v) is 5.56. The molecule has 0 unspecified atom stereocenters. The van der Waals surface area contributed by atoms with Crippen LogP contribution in [0.2, 0.25) is 0 Å². The van der Waals surface area contributed by atoms with Gasteiger partial charge in [-0.2, -0.15) is 0 Å². The smallest absolute Gasteiger partial charge is 0.254 e. The molecule has 0 spiro atoms. The fraction of sp³-hybridized carbons (Fsp3) is 0.136. The molecule has 0 fully saturated rings. The number of nitrogens with one attached hydrogen (secondary N) is 1. The van der Waals surface area contributed by atoms with Gasteiger partial charge in [-0.25, -0.2) is 9.97 Å². The van der Waals surface area contributed by atoms with Crippen molar-refractivity contribution in [3.8, 4) is 0 Å². The van der Waals surface area contributed by atoms with E-state index in [1.54, 1.807) is 18.3 Å². The molecule has 1 aromatic carbocycles. The number of carbonyl (C=O) groups is 1. The highest BCUT2D eigenvalue weighted by Gasteiger charge is 2.14. The topological polar surface area (TPSA) is 59.3 Å². The first-order valence-electron chi connectivity index (χ1n) is 9.01. The number of benzene rings is 1. The summed E-state index contributed by atoms with van der Waals surface area (Å²) in [6.45, 7) is 4.53. The van der Waals surface area contributed by atoms with E-state index < -0.39 is 0 Å². The van der Waals surface area contributed by atoms with E-state index >= 15 is 0 Å². The van der Waals surface area contributed by atoms with Crippen molar-refractivity contribution in [2.45, 2.75) is 30.3 Å². The van der Waals surface area contributed by atoms with Gasteiger partial charge in [0.1, 0.15) is 10.7 Å². The molecule has 6 heteroatoms. The van der Waals surface area contributed by atoms with Crippen molar-refractivity contribution in [3.05, 3.63) is 89.5 Å². The molecule has 4 rings (SSSR count). The minimum absolute atomic E-state index is 0.156. The zero-order valence-electron chi connectivity index (χ0n) is 15.7. The van der Waals surface area contributed by atoms with E-state index in [2.05, 4.69) is 47.3 Å². The van der Waals surface area contributed by atoms with Crippen molar-refractivity contribution in [1.82, 2.24) is 19.7 Å². The standard InChI is InChI=1S/C22H20N4OS/c1-15-8-9-18(12-16(15)2)28-22-19(6-5-10-23-22)21(27)24-13-17-14-26-11-4-3-7-20(26)25-17/h3-12,14H,13H2,1-2H3,(H,24,27). The molecule has 0 aliphatic heterocycles. The summed E-state index contributed by atoms with van der Waals surface area (Å²) in [5.74, 6) is -0.156. The SMILES string of the molecule is Cc1ccc(Sc2ncccc2C(=O)NCc2cn3ccccc3n2)cc1C. The Kier molecular flexibility index (Phi) is 5.12. The molecule has 1 N–H and O–H groups in total. The van der Waals surface area contributed by atoms with Crippen molar-refractivity contribution in [2.75, 3.05) is 0 Å². The van der Waals surface area contributed by atoms with Crippen LogP contribution in [0.5, 0.6) is 0 Å². The van der Waals surface area contributed by atoms with Gasteiger partial charge in [0.15, 0.2) is 0 Å². The Bertz CT molecular complexity index is 1120. The quantitative estimate of drug-likeness (QED) is 0.550. The van der Waals surface area contributed by atoms with Gasteiger partial charge in [-0.15, -0.1) is 0 Å². The molecule has 0 bridgehead atoms. The summed E-state index contributed by atoms with van der Waals surface area (Å²) in [5, 5.41) is 3.65. The van der Waals surface area contributed by atoms with Crippen LogP contribution in [0.25, 0.3) is 5.65 Å². The number of hydrogen-bond acceptors (Lipinski definition) is 4. The number of rotatable bonds is 5. The number of imidazole rings is 1. The summed E-state index contributed by atoms with van der Waals surface area (Å²) in [4.78, 5) is 22.8. The lowest BCUT2D eigenvalue weighted by molar-refractivity contribution is 0.0947. The maximum Gasteiger partial charge on any atom is 0.254 e. The van der Waals surface area contributed by atoms with Gasteiger partial charge < -0.3 is 9.72 Å². The zero-order chi connectivity index (χ0) is 19.5. The zero-order valence-corrected chi connectivity index (χ0v) is 16.5. The molecule has 0 aliphatic rings. The van der Waals surface area contributed by atoms with E-state index in [0.29, 0.717) is 17.1 Å². The highest BCUT2D eigenvalue weighted by atomic mass is 32.2. The molecule has 5 nitrogen and oxygen atoms in total. The Hall–Kier alpha value is -3.12. The predicted octanol–water partition coefficient (Wildman–Crippen LogP) is 4.43. The molecule has 4 aromatic rings. The van der Waals surface area contributed by atoms with Crippen LogP contribution < -0.4 is 5.32 Å². The Morgan fingerprint density at radius 2 is 2.00 bits per heavy atom. The van der Waals surface area contributed by atoms with Crippen molar-refractivity contribution < 1.29 is 4.79 Å². The number of aryl methyl sites for hydroxylation is 2. The van der Waals surface area contributed by atoms with Crippen LogP contribution in [0.4, 0.5) is 0 Å². The average Bonchev–Trinajstić information content (AvgIpc) is 3.12. The van der Waals surface area contributed by atoms with Crippen LogP contribution in [0.3, 0.4) is 0 Å². The molecule has 0 aliphatic carbocycles. The second kappa shape index (κ2) is 7.86. The van der Waals surface area contributed by atoms with E-state index in [1.807, 2.05) is 35.0 Å². The minimum Gasteiger partial charge on any atom is -0.346 e. The van der Waals surface area contributed by atoms with Crippen molar-refractivity contribution in [3.63, 3.8) is 0 Å². The summed E-state index contributed by atoms with van der Waals surface area (Å²) in [6.07, 6.45) is 5.57. The number of pyridine rings is 2. The van der Waals surface area contributed by atoms with Crippen molar-refractivity contribution in [2.24, 2.45) is 0 Å². The lowest BCUT2D eigenvalue weighted by Crippen LogP contribution is -2.23. The van der Waals surface area contributed by atoms with Crippen molar-refractivity contribution in [1.29, 1.82) is 0 Å². The molecule has 140 valence electrons. The Balaban J connectivity index is 1.50. The molecule has 0 saturated carbocycles. The third kappa shape index (κ3) is 3.92. The number of carbonyl (C=O) groups excluding carboxylic acids is 1. The van der Waals surface area contributed by atoms with E-state index in [-0.39, 0.29) is 5.91 Å². The number of hydrogen-bond donors (Lipinski definition) is 1. The van der Waals surface area contributed by atoms with E-state index in [0.717, 1.165) is 16.2 Å². The first-order valence-corrected chi connectivity index (χ1v) is 9.83. The van der Waals surface area contributed by atoms with Gasteiger partial charge in [0.25, 0.3) is 5.91 Å². The number of aromatic nitrogens is 3. The summed E-state index contributed by atoms with van der Waals surface area (Å²) in [7, 11) is 0. The summed E-state index contributed by atoms with van der Waals surface area (Å²) in [5.41, 5.74) is 4.70. The van der Waals surface area contributed by atoms with Gasteiger partial charge in [-0.3, -0.25) is 4.79 Å². The van der Waals surface area contributed by atoms with Gasteiger partial charge in [0.2, 0.25) is 0 Å². The Labute approximate surface area is 167 Å². The second-order valence-corrected chi connectivity index (χ2v) is 7.65. The summed E-state index contributed by atoms with van der Waals surface area (Å²) >= 11 is 1.50. The van der Waals surface area contributed by atoms with E-state index in [1.165, 1.54) is 22.9 Å². The molecule has 28 heavy (non-hydrogen) atoms. The molecule has 0 radical (unpaired) electrons. The molecular formula is C22H20N4OS. The predicted molar refractivity (Wildman–Crippen MR) is 111 cm³/mol. The number of nitrogens with zero attached hydrogens (tertiary/aromatic N) is 3. The third-order valence-electron chi connectivity index (χ3n) is 4.55. The van der Waals surface area contributed by atoms with E-state index in [9.17, 15) is 4.79 Å². The maximum absolute atomic E-state index is 12.8. The average molecular weight is 388 g/mol. The molecule has 1 amide bonds. The van der Waals surface area contributed by atoms with Crippen LogP contribution >= 0.6 is 11.8 Å². The van der Waals surface area contributed by atoms with Crippen LogP contribution in [-0.2, 0) is 6.54 Å². The fourth-order valence-corrected chi connectivity index (χ4v) is 3.85. The molecule has 0 saturated heterocycles. The Morgan fingerprint density at radius 1 is 1.11 bits per heavy atom. The first kappa shape index (κ1) is 18.3. The van der Waals surface area contributed by atoms with Crippen molar-refractivity contribution >= 4 is 23.3 Å². The number of amides is 1. The fourth-order valence-electron chi connectivity index (χ4n) is 2.87. The second-order valence-electron chi connectivity index (χ2n) is 6.59. The lowest BCUT2D eigenvalue weighted by atomic mass is 10.1. The highest BCUT2D eigenvalue weighted by Crippen LogP contribution is 2.30. The lowest BCUT2D eigenvalue weighted by Gasteiger charge is -2.09. The molecule has 3 heterocycles. The van der Waals surface area contributed by atoms with Crippen LogP contribution in [0.15, 0.2) is 77.0 Å². The van der Waals surface area contributed by atoms with Gasteiger partial charge in [0, 0.05) is 23.5 Å². The summed E-state index contributed by atoms with van der Waals surface area (Å²) in [6, 6.07) is 15.7. The molecular weight excluding hydrogens is 368 g/mol. The van der Waals surface area contributed by atoms with Gasteiger partial charge in [-0.05, 0) is 61.4 Å². The maximum atomic E-state index is 12.8. The number of fused-ring (bicyclic) bond motifs is 1. The highest BCUT2D eigenvalue weighted by molar-refractivity contribution is 7.99. The first-order chi connectivity index (χ1) is 13.6. The van der Waals surface area contributed by atoms with Crippen LogP contribution in [-0.4, -0.2) is 20.3 Å². The van der Waals surface area contributed by atoms with Gasteiger partial charge in [-0.1, -0.05) is 23.9 Å². The monoisotopic (exact) mass is 388 g/mol. The van der Waals surface area contributed by atoms with Crippen LogP contribution in [0.1, 0.15) is 27.2 Å². The Morgan fingerprint density at radius 3 is 2.82 bits per heavy atom. The molecule has 3 aromatic heterocycles. The largest absolute Gasteiger partial charge is 0.346 e. The van der Waals surface area contributed by atoms with E-state index in [4.69, 9.17) is 0 Å². The van der Waals surface area contributed by atoms with Gasteiger partial charge in [0.05, 0.1) is 17.8 Å².